The molecule has 1 aliphatic heterocycles. The van der Waals surface area contributed by atoms with Crippen molar-refractivity contribution in [1.29, 1.82) is 0 Å². The summed E-state index contributed by atoms with van der Waals surface area (Å²) >= 11 is 0. The highest BCUT2D eigenvalue weighted by atomic mass is 19.1. The van der Waals surface area contributed by atoms with Crippen molar-refractivity contribution in [3.8, 4) is 11.3 Å². The van der Waals surface area contributed by atoms with Crippen molar-refractivity contribution in [2.45, 2.75) is 33.3 Å². The maximum Gasteiger partial charge on any atom is 0.410 e. The van der Waals surface area contributed by atoms with Gasteiger partial charge in [-0.1, -0.05) is 0 Å². The van der Waals surface area contributed by atoms with Crippen LogP contribution in [-0.2, 0) is 9.47 Å². The van der Waals surface area contributed by atoms with E-state index in [1.165, 1.54) is 12.3 Å². The van der Waals surface area contributed by atoms with Crippen LogP contribution >= 0.6 is 0 Å². The van der Waals surface area contributed by atoms with Gasteiger partial charge in [0.1, 0.15) is 17.0 Å². The molecular weight excluding hydrogens is 403 g/mol. The van der Waals surface area contributed by atoms with Gasteiger partial charge in [-0.3, -0.25) is 0 Å². The van der Waals surface area contributed by atoms with Crippen LogP contribution in [0.4, 0.5) is 15.0 Å². The Morgan fingerprint density at radius 2 is 1.84 bits per heavy atom. The zero-order valence-corrected chi connectivity index (χ0v) is 18.2. The first-order valence-corrected chi connectivity index (χ1v) is 10.2. The number of amides is 1. The van der Waals surface area contributed by atoms with E-state index in [2.05, 4.69) is 9.97 Å². The molecule has 0 atom stereocenters. The fourth-order valence-electron chi connectivity index (χ4n) is 3.21. The van der Waals surface area contributed by atoms with E-state index in [4.69, 9.17) is 9.47 Å². The lowest BCUT2D eigenvalue weighted by atomic mass is 10.1. The summed E-state index contributed by atoms with van der Waals surface area (Å²) in [6.07, 6.45) is 0.997. The van der Waals surface area contributed by atoms with Gasteiger partial charge in [0.05, 0.1) is 12.3 Å². The molecule has 9 heteroatoms. The van der Waals surface area contributed by atoms with Crippen LogP contribution in [0.2, 0.25) is 0 Å². The third kappa shape index (κ3) is 5.68. The first-order chi connectivity index (χ1) is 14.7. The third-order valence-electron chi connectivity index (χ3n) is 4.62. The predicted molar refractivity (Wildman–Crippen MR) is 113 cm³/mol. The molecule has 166 valence electrons. The number of aromatic nitrogens is 2. The quantitative estimate of drug-likeness (QED) is 0.542. The maximum absolute atomic E-state index is 13.6. The van der Waals surface area contributed by atoms with Crippen LogP contribution in [0.1, 0.15) is 38.1 Å². The number of anilines is 1. The molecule has 2 aromatic heterocycles. The number of hydrogen-bond acceptors (Lipinski definition) is 7. The number of carbonyl (C=O) groups is 2. The second-order valence-electron chi connectivity index (χ2n) is 8.11. The van der Waals surface area contributed by atoms with Gasteiger partial charge >= 0.3 is 12.1 Å². The van der Waals surface area contributed by atoms with Gasteiger partial charge in [-0.25, -0.2) is 19.6 Å². The first-order valence-electron chi connectivity index (χ1n) is 10.2. The van der Waals surface area contributed by atoms with E-state index < -0.39 is 17.5 Å². The summed E-state index contributed by atoms with van der Waals surface area (Å²) in [5, 5.41) is 0. The van der Waals surface area contributed by atoms with Crippen LogP contribution in [0.5, 0.6) is 0 Å². The van der Waals surface area contributed by atoms with Gasteiger partial charge in [0.25, 0.3) is 0 Å². The third-order valence-corrected chi connectivity index (χ3v) is 4.62. The van der Waals surface area contributed by atoms with E-state index in [0.29, 0.717) is 48.8 Å². The summed E-state index contributed by atoms with van der Waals surface area (Å²) < 4.78 is 24.2. The van der Waals surface area contributed by atoms with Crippen LogP contribution in [0.25, 0.3) is 11.3 Å². The number of piperazine rings is 1. The minimum absolute atomic E-state index is 0.238. The summed E-state index contributed by atoms with van der Waals surface area (Å²) in [7, 11) is 0. The molecule has 0 N–H and O–H groups in total. The van der Waals surface area contributed by atoms with Gasteiger partial charge in [-0.15, -0.1) is 0 Å². The lowest BCUT2D eigenvalue weighted by Gasteiger charge is -2.36. The van der Waals surface area contributed by atoms with Gasteiger partial charge in [0, 0.05) is 44.0 Å². The lowest BCUT2D eigenvalue weighted by molar-refractivity contribution is 0.0239. The average Bonchev–Trinajstić information content (AvgIpc) is 2.72. The normalized spacial score (nSPS) is 14.4. The smallest absolute Gasteiger partial charge is 0.410 e. The molecule has 0 aromatic carbocycles. The molecule has 0 aliphatic carbocycles. The second-order valence-corrected chi connectivity index (χ2v) is 8.11. The number of rotatable bonds is 4. The fraction of sp³-hybridized carbons (Fsp3) is 0.455. The van der Waals surface area contributed by atoms with E-state index in [1.807, 2.05) is 25.7 Å². The van der Waals surface area contributed by atoms with E-state index in [1.54, 1.807) is 30.0 Å². The largest absolute Gasteiger partial charge is 0.462 e. The molecule has 1 aliphatic rings. The van der Waals surface area contributed by atoms with Gasteiger partial charge < -0.3 is 19.3 Å². The van der Waals surface area contributed by atoms with Crippen LogP contribution in [0, 0.1) is 5.95 Å². The molecule has 3 rings (SSSR count). The molecule has 0 spiro atoms. The van der Waals surface area contributed by atoms with Crippen LogP contribution in [0.3, 0.4) is 0 Å². The van der Waals surface area contributed by atoms with Crippen molar-refractivity contribution in [3.63, 3.8) is 0 Å². The van der Waals surface area contributed by atoms with Gasteiger partial charge in [-0.05, 0) is 45.9 Å². The Hall–Kier alpha value is -3.23. The molecule has 0 bridgehead atoms. The van der Waals surface area contributed by atoms with E-state index in [0.717, 1.165) is 0 Å². The molecule has 2 aromatic rings. The van der Waals surface area contributed by atoms with Crippen LogP contribution in [-0.4, -0.2) is 65.3 Å². The number of ether oxygens (including phenoxy) is 2. The minimum atomic E-state index is -0.610. The fourth-order valence-corrected chi connectivity index (χ4v) is 3.21. The molecule has 0 unspecified atom stereocenters. The summed E-state index contributed by atoms with van der Waals surface area (Å²) in [4.78, 5) is 36.6. The highest BCUT2D eigenvalue weighted by Gasteiger charge is 2.28. The van der Waals surface area contributed by atoms with Crippen molar-refractivity contribution in [3.05, 3.63) is 42.0 Å². The monoisotopic (exact) mass is 430 g/mol. The maximum atomic E-state index is 13.6. The molecule has 8 nitrogen and oxygen atoms in total. The Kier molecular flexibility index (Phi) is 6.72. The number of esters is 1. The Morgan fingerprint density at radius 3 is 2.45 bits per heavy atom. The van der Waals surface area contributed by atoms with E-state index >= 15 is 0 Å². The number of hydrogen-bond donors (Lipinski definition) is 0. The average molecular weight is 430 g/mol. The summed E-state index contributed by atoms with van der Waals surface area (Å²) in [6.45, 7) is 9.22. The minimum Gasteiger partial charge on any atom is -0.462 e. The number of nitrogens with zero attached hydrogens (tertiary/aromatic N) is 4. The summed E-state index contributed by atoms with van der Waals surface area (Å²) in [5.74, 6) is -0.648. The van der Waals surface area contributed by atoms with Crippen LogP contribution < -0.4 is 4.90 Å². The van der Waals surface area contributed by atoms with E-state index in [9.17, 15) is 14.0 Å². The molecule has 1 fully saturated rings. The van der Waals surface area contributed by atoms with Gasteiger partial charge in [-0.2, -0.15) is 4.39 Å². The van der Waals surface area contributed by atoms with Gasteiger partial charge in [0.15, 0.2) is 0 Å². The van der Waals surface area contributed by atoms with Crippen molar-refractivity contribution in [2.24, 2.45) is 0 Å². The van der Waals surface area contributed by atoms with Crippen molar-refractivity contribution in [2.75, 3.05) is 37.7 Å². The Balaban J connectivity index is 1.85. The molecule has 0 radical (unpaired) electrons. The molecule has 31 heavy (non-hydrogen) atoms. The Labute approximate surface area is 181 Å². The van der Waals surface area contributed by atoms with Crippen molar-refractivity contribution >= 4 is 17.9 Å². The van der Waals surface area contributed by atoms with E-state index in [-0.39, 0.29) is 12.7 Å². The highest BCUT2D eigenvalue weighted by Crippen LogP contribution is 2.26. The molecule has 0 saturated carbocycles. The lowest BCUT2D eigenvalue weighted by Crippen LogP contribution is -2.50. The molecule has 3 heterocycles. The Bertz CT molecular complexity index is 953. The second kappa shape index (κ2) is 9.28. The number of halogens is 1. The standard InChI is InChI=1S/C22H27FN4O4/c1-5-30-20(28)16-6-7-17(15-8-9-24-18(23)14-15)25-19(16)26-10-12-27(13-11-26)21(29)31-22(2,3)4/h6-9,14H,5,10-13H2,1-4H3. The highest BCUT2D eigenvalue weighted by molar-refractivity contribution is 5.95. The summed E-state index contributed by atoms with van der Waals surface area (Å²) in [6, 6.07) is 6.23. The van der Waals surface area contributed by atoms with Crippen molar-refractivity contribution < 1.29 is 23.5 Å². The van der Waals surface area contributed by atoms with Crippen molar-refractivity contribution in [1.82, 2.24) is 14.9 Å². The number of carbonyl (C=O) groups excluding carboxylic acids is 2. The van der Waals surface area contributed by atoms with Gasteiger partial charge in [0.2, 0.25) is 5.95 Å². The summed E-state index contributed by atoms with van der Waals surface area (Å²) in [5.41, 5.74) is 0.822. The zero-order valence-electron chi connectivity index (χ0n) is 18.2. The first kappa shape index (κ1) is 22.5. The SMILES string of the molecule is CCOC(=O)c1ccc(-c2ccnc(F)c2)nc1N1CCN(C(=O)OC(C)(C)C)CC1. The molecule has 1 amide bonds. The predicted octanol–water partition coefficient (Wildman–Crippen LogP) is 3.52. The van der Waals surface area contributed by atoms with Crippen LogP contribution in [0.15, 0.2) is 30.5 Å². The molecule has 1 saturated heterocycles. The topological polar surface area (TPSA) is 84.9 Å². The molecular formula is C22H27FN4O4. The number of pyridine rings is 2. The Morgan fingerprint density at radius 1 is 1.13 bits per heavy atom. The zero-order chi connectivity index (χ0) is 22.6.